The summed E-state index contributed by atoms with van der Waals surface area (Å²) in [5.41, 5.74) is 1.22. The summed E-state index contributed by atoms with van der Waals surface area (Å²) in [6, 6.07) is 2.06. The van der Waals surface area contributed by atoms with E-state index in [1.54, 1.807) is 6.26 Å². The fourth-order valence-corrected chi connectivity index (χ4v) is 2.31. The highest BCUT2D eigenvalue weighted by Crippen LogP contribution is 2.31. The van der Waals surface area contributed by atoms with Gasteiger partial charge < -0.3 is 14.5 Å². The van der Waals surface area contributed by atoms with Crippen LogP contribution < -0.4 is 5.32 Å². The molecule has 1 aliphatic heterocycles. The summed E-state index contributed by atoms with van der Waals surface area (Å²) in [7, 11) is 0. The van der Waals surface area contributed by atoms with E-state index in [4.69, 9.17) is 9.15 Å². The van der Waals surface area contributed by atoms with E-state index >= 15 is 0 Å². The molecule has 1 N–H and O–H groups in total. The molecule has 2 rings (SSSR count). The molecule has 3 heteroatoms. The molecular weight excluding hydrogens is 214 g/mol. The van der Waals surface area contributed by atoms with E-state index in [1.165, 1.54) is 5.56 Å². The van der Waals surface area contributed by atoms with Gasteiger partial charge in [-0.1, -0.05) is 6.92 Å². The van der Waals surface area contributed by atoms with Crippen molar-refractivity contribution in [3.63, 3.8) is 0 Å². The van der Waals surface area contributed by atoms with Gasteiger partial charge in [0.25, 0.3) is 0 Å². The second kappa shape index (κ2) is 5.23. The maximum Gasteiger partial charge on any atom is 0.0938 e. The van der Waals surface area contributed by atoms with Gasteiger partial charge in [0.1, 0.15) is 0 Å². The number of hydrogen-bond acceptors (Lipinski definition) is 3. The molecule has 0 amide bonds. The van der Waals surface area contributed by atoms with Crippen LogP contribution in [0.15, 0.2) is 23.0 Å². The van der Waals surface area contributed by atoms with E-state index in [1.807, 2.05) is 6.26 Å². The SMILES string of the molecule is CCC(C)(C)O[C@@H]1CNCCC1c1ccoc1. The Labute approximate surface area is 104 Å². The summed E-state index contributed by atoms with van der Waals surface area (Å²) in [4.78, 5) is 0. The number of hydrogen-bond donors (Lipinski definition) is 1. The lowest BCUT2D eigenvalue weighted by molar-refractivity contribution is -0.0891. The topological polar surface area (TPSA) is 34.4 Å². The number of rotatable bonds is 4. The van der Waals surface area contributed by atoms with Gasteiger partial charge in [0.2, 0.25) is 0 Å². The fraction of sp³-hybridized carbons (Fsp3) is 0.714. The molecule has 2 atom stereocenters. The minimum Gasteiger partial charge on any atom is -0.472 e. The molecule has 1 aromatic rings. The van der Waals surface area contributed by atoms with Gasteiger partial charge in [-0.05, 0) is 44.9 Å². The van der Waals surface area contributed by atoms with Gasteiger partial charge in [-0.3, -0.25) is 0 Å². The van der Waals surface area contributed by atoms with Gasteiger partial charge in [0.05, 0.1) is 24.2 Å². The van der Waals surface area contributed by atoms with Crippen molar-refractivity contribution in [1.29, 1.82) is 0 Å². The first kappa shape index (κ1) is 12.7. The Hall–Kier alpha value is -0.800. The second-order valence-corrected chi connectivity index (χ2v) is 5.43. The van der Waals surface area contributed by atoms with Crippen molar-refractivity contribution >= 4 is 0 Å². The Morgan fingerprint density at radius 3 is 3.00 bits per heavy atom. The van der Waals surface area contributed by atoms with E-state index < -0.39 is 0 Å². The molecule has 2 heterocycles. The first-order valence-corrected chi connectivity index (χ1v) is 6.53. The molecule has 0 spiro atoms. The monoisotopic (exact) mass is 237 g/mol. The van der Waals surface area contributed by atoms with Gasteiger partial charge in [0.15, 0.2) is 0 Å². The van der Waals surface area contributed by atoms with Crippen LogP contribution in [0.25, 0.3) is 0 Å². The van der Waals surface area contributed by atoms with E-state index in [9.17, 15) is 0 Å². The van der Waals surface area contributed by atoms with E-state index in [0.29, 0.717) is 5.92 Å². The zero-order valence-corrected chi connectivity index (χ0v) is 11.0. The lowest BCUT2D eigenvalue weighted by atomic mass is 9.89. The van der Waals surface area contributed by atoms with Crippen LogP contribution in [0.2, 0.25) is 0 Å². The summed E-state index contributed by atoms with van der Waals surface area (Å²) < 4.78 is 11.5. The molecule has 0 aromatic carbocycles. The number of ether oxygens (including phenoxy) is 1. The van der Waals surface area contributed by atoms with Crippen molar-refractivity contribution < 1.29 is 9.15 Å². The summed E-state index contributed by atoms with van der Waals surface area (Å²) in [6.07, 6.45) is 5.99. The summed E-state index contributed by atoms with van der Waals surface area (Å²) in [5.74, 6) is 0.459. The van der Waals surface area contributed by atoms with Gasteiger partial charge in [-0.2, -0.15) is 0 Å². The van der Waals surface area contributed by atoms with Crippen LogP contribution >= 0.6 is 0 Å². The van der Waals surface area contributed by atoms with Crippen LogP contribution in [0.1, 0.15) is 45.1 Å². The number of piperidine rings is 1. The predicted molar refractivity (Wildman–Crippen MR) is 68.2 cm³/mol. The van der Waals surface area contributed by atoms with Crippen molar-refractivity contribution in [3.05, 3.63) is 24.2 Å². The van der Waals surface area contributed by atoms with Crippen LogP contribution in [0.3, 0.4) is 0 Å². The third-order valence-corrected chi connectivity index (χ3v) is 3.72. The third-order valence-electron chi connectivity index (χ3n) is 3.72. The Morgan fingerprint density at radius 2 is 2.35 bits per heavy atom. The van der Waals surface area contributed by atoms with Crippen LogP contribution in [-0.4, -0.2) is 24.8 Å². The quantitative estimate of drug-likeness (QED) is 0.874. The van der Waals surface area contributed by atoms with Crippen molar-refractivity contribution in [3.8, 4) is 0 Å². The average molecular weight is 237 g/mol. The maximum atomic E-state index is 6.26. The minimum absolute atomic E-state index is 0.0499. The molecule has 1 aromatic heterocycles. The molecule has 0 aliphatic carbocycles. The highest BCUT2D eigenvalue weighted by atomic mass is 16.5. The van der Waals surface area contributed by atoms with Crippen molar-refractivity contribution in [2.75, 3.05) is 13.1 Å². The second-order valence-electron chi connectivity index (χ2n) is 5.43. The minimum atomic E-state index is -0.0499. The van der Waals surface area contributed by atoms with E-state index in [-0.39, 0.29) is 11.7 Å². The Kier molecular flexibility index (Phi) is 3.89. The normalized spacial score (nSPS) is 26.1. The Bertz CT molecular complexity index is 332. The molecule has 17 heavy (non-hydrogen) atoms. The molecule has 0 saturated carbocycles. The highest BCUT2D eigenvalue weighted by molar-refractivity contribution is 5.16. The molecule has 96 valence electrons. The molecule has 0 bridgehead atoms. The van der Waals surface area contributed by atoms with Gasteiger partial charge in [-0.15, -0.1) is 0 Å². The Morgan fingerprint density at radius 1 is 1.53 bits per heavy atom. The standard InChI is InChI=1S/C14H23NO2/c1-4-14(2,3)17-13-9-15-7-5-12(13)11-6-8-16-10-11/h6,8,10,12-13,15H,4-5,7,9H2,1-3H3/t12?,13-/m1/s1. The third kappa shape index (κ3) is 3.11. The van der Waals surface area contributed by atoms with Crippen molar-refractivity contribution in [2.24, 2.45) is 0 Å². The number of furan rings is 1. The molecular formula is C14H23NO2. The molecule has 3 nitrogen and oxygen atoms in total. The molecule has 1 fully saturated rings. The smallest absolute Gasteiger partial charge is 0.0938 e. The largest absolute Gasteiger partial charge is 0.472 e. The average Bonchev–Trinajstić information content (AvgIpc) is 2.83. The fourth-order valence-electron chi connectivity index (χ4n) is 2.31. The lowest BCUT2D eigenvalue weighted by Gasteiger charge is -2.37. The van der Waals surface area contributed by atoms with Crippen LogP contribution in [0.5, 0.6) is 0 Å². The number of nitrogens with one attached hydrogen (secondary N) is 1. The van der Waals surface area contributed by atoms with E-state index in [2.05, 4.69) is 32.2 Å². The zero-order chi connectivity index (χ0) is 12.3. The van der Waals surface area contributed by atoms with Crippen LogP contribution in [0, 0.1) is 0 Å². The highest BCUT2D eigenvalue weighted by Gasteiger charge is 2.32. The van der Waals surface area contributed by atoms with Gasteiger partial charge in [0, 0.05) is 12.5 Å². The predicted octanol–water partition coefficient (Wildman–Crippen LogP) is 2.93. The molecule has 0 radical (unpaired) electrons. The zero-order valence-electron chi connectivity index (χ0n) is 11.0. The summed E-state index contributed by atoms with van der Waals surface area (Å²) in [5, 5.41) is 3.42. The first-order valence-electron chi connectivity index (χ1n) is 6.53. The summed E-state index contributed by atoms with van der Waals surface area (Å²) in [6.45, 7) is 8.48. The van der Waals surface area contributed by atoms with E-state index in [0.717, 1.165) is 25.9 Å². The van der Waals surface area contributed by atoms with Gasteiger partial charge in [-0.25, -0.2) is 0 Å². The van der Waals surface area contributed by atoms with Crippen LogP contribution in [0.4, 0.5) is 0 Å². The van der Waals surface area contributed by atoms with Gasteiger partial charge >= 0.3 is 0 Å². The van der Waals surface area contributed by atoms with Crippen molar-refractivity contribution in [2.45, 2.75) is 51.2 Å². The molecule has 1 saturated heterocycles. The first-order chi connectivity index (χ1) is 8.12. The maximum absolute atomic E-state index is 6.26. The Balaban J connectivity index is 2.07. The summed E-state index contributed by atoms with van der Waals surface area (Å²) >= 11 is 0. The molecule has 1 unspecified atom stereocenters. The lowest BCUT2D eigenvalue weighted by Crippen LogP contribution is -2.45. The van der Waals surface area contributed by atoms with Crippen LogP contribution in [-0.2, 0) is 4.74 Å². The van der Waals surface area contributed by atoms with Crippen molar-refractivity contribution in [1.82, 2.24) is 5.32 Å². The molecule has 1 aliphatic rings.